The second-order valence-corrected chi connectivity index (χ2v) is 8.45. The highest BCUT2D eigenvalue weighted by molar-refractivity contribution is 7.99. The van der Waals surface area contributed by atoms with Crippen LogP contribution < -0.4 is 10.6 Å². The predicted octanol–water partition coefficient (Wildman–Crippen LogP) is 4.05. The number of anilines is 1. The molecule has 0 bridgehead atoms. The van der Waals surface area contributed by atoms with Gasteiger partial charge in [-0.15, -0.1) is 16.8 Å². The highest BCUT2D eigenvalue weighted by Gasteiger charge is 2.15. The predicted molar refractivity (Wildman–Crippen MR) is 128 cm³/mol. The van der Waals surface area contributed by atoms with E-state index < -0.39 is 0 Å². The van der Waals surface area contributed by atoms with E-state index >= 15 is 0 Å². The number of rotatable bonds is 9. The van der Waals surface area contributed by atoms with Crippen LogP contribution in [0.15, 0.2) is 60.3 Å². The second-order valence-electron chi connectivity index (χ2n) is 7.51. The molecule has 1 heterocycles. The van der Waals surface area contributed by atoms with Crippen molar-refractivity contribution < 1.29 is 9.59 Å². The number of aryl methyl sites for hydroxylation is 3. The average Bonchev–Trinajstić information content (AvgIpc) is 3.14. The lowest BCUT2D eigenvalue weighted by molar-refractivity contribution is -0.113. The first-order chi connectivity index (χ1) is 15.4. The summed E-state index contributed by atoms with van der Waals surface area (Å²) in [5.74, 6) is 0.495. The van der Waals surface area contributed by atoms with Gasteiger partial charge in [-0.05, 0) is 44.5 Å². The molecule has 3 rings (SSSR count). The number of carbonyl (C=O) groups is 2. The van der Waals surface area contributed by atoms with Crippen molar-refractivity contribution >= 4 is 29.3 Å². The van der Waals surface area contributed by atoms with Crippen LogP contribution in [-0.4, -0.2) is 32.3 Å². The van der Waals surface area contributed by atoms with E-state index in [0.29, 0.717) is 23.1 Å². The summed E-state index contributed by atoms with van der Waals surface area (Å²) in [4.78, 5) is 24.9. The number of aromatic nitrogens is 3. The maximum Gasteiger partial charge on any atom is 0.251 e. The quantitative estimate of drug-likeness (QED) is 0.380. The SMILES string of the molecule is C=CCn1c(CNC(=O)c2cccc(C)c2)nnc1SCC(=O)Nc1ccc(C)cc1C. The zero-order valence-corrected chi connectivity index (χ0v) is 19.3. The Morgan fingerprint density at radius 2 is 1.88 bits per heavy atom. The molecule has 0 unspecified atom stereocenters. The molecule has 8 heteroatoms. The molecule has 0 saturated heterocycles. The molecule has 0 radical (unpaired) electrons. The van der Waals surface area contributed by atoms with Crippen molar-refractivity contribution in [2.75, 3.05) is 11.1 Å². The number of carbonyl (C=O) groups excluding carboxylic acids is 2. The van der Waals surface area contributed by atoms with Gasteiger partial charge in [0.25, 0.3) is 5.91 Å². The summed E-state index contributed by atoms with van der Waals surface area (Å²) in [5, 5.41) is 14.8. The van der Waals surface area contributed by atoms with Crippen LogP contribution in [0.5, 0.6) is 0 Å². The van der Waals surface area contributed by atoms with Crippen molar-refractivity contribution in [1.29, 1.82) is 0 Å². The van der Waals surface area contributed by atoms with Gasteiger partial charge < -0.3 is 15.2 Å². The molecule has 32 heavy (non-hydrogen) atoms. The molecule has 3 aromatic rings. The molecule has 166 valence electrons. The molecule has 2 amide bonds. The van der Waals surface area contributed by atoms with Gasteiger partial charge >= 0.3 is 0 Å². The Morgan fingerprint density at radius 3 is 2.59 bits per heavy atom. The fourth-order valence-corrected chi connectivity index (χ4v) is 3.95. The molecule has 0 atom stereocenters. The zero-order chi connectivity index (χ0) is 23.1. The van der Waals surface area contributed by atoms with Gasteiger partial charge in [-0.25, -0.2) is 0 Å². The summed E-state index contributed by atoms with van der Waals surface area (Å²) < 4.78 is 1.85. The Bertz CT molecular complexity index is 1140. The lowest BCUT2D eigenvalue weighted by Crippen LogP contribution is -2.25. The molecule has 0 spiro atoms. The van der Waals surface area contributed by atoms with Gasteiger partial charge in [0, 0.05) is 17.8 Å². The molecule has 2 N–H and O–H groups in total. The van der Waals surface area contributed by atoms with Gasteiger partial charge in [0.05, 0.1) is 12.3 Å². The molecule has 0 aliphatic rings. The summed E-state index contributed by atoms with van der Waals surface area (Å²) in [6.07, 6.45) is 1.73. The van der Waals surface area contributed by atoms with Crippen LogP contribution in [0.2, 0.25) is 0 Å². The number of amides is 2. The number of thioether (sulfide) groups is 1. The van der Waals surface area contributed by atoms with Crippen LogP contribution in [0.4, 0.5) is 5.69 Å². The van der Waals surface area contributed by atoms with Crippen molar-refractivity contribution in [3.05, 3.63) is 83.2 Å². The number of nitrogens with zero attached hydrogens (tertiary/aromatic N) is 3. The maximum absolute atomic E-state index is 12.4. The van der Waals surface area contributed by atoms with E-state index in [9.17, 15) is 9.59 Å². The fraction of sp³-hybridized carbons (Fsp3) is 0.250. The van der Waals surface area contributed by atoms with Crippen LogP contribution in [0.1, 0.15) is 32.9 Å². The molecular weight excluding hydrogens is 422 g/mol. The summed E-state index contributed by atoms with van der Waals surface area (Å²) in [7, 11) is 0. The van der Waals surface area contributed by atoms with Gasteiger partial charge in [0.15, 0.2) is 11.0 Å². The maximum atomic E-state index is 12.4. The lowest BCUT2D eigenvalue weighted by Gasteiger charge is -2.10. The molecule has 0 aliphatic carbocycles. The standard InChI is InChI=1S/C24H27N5O2S/c1-5-11-29-21(14-25-23(31)19-8-6-7-16(2)13-19)27-28-24(29)32-15-22(30)26-20-10-9-17(3)12-18(20)4/h5-10,12-13H,1,11,14-15H2,2-4H3,(H,25,31)(H,26,30). The molecule has 7 nitrogen and oxygen atoms in total. The van der Waals surface area contributed by atoms with Crippen LogP contribution in [0.3, 0.4) is 0 Å². The van der Waals surface area contributed by atoms with Crippen molar-refractivity contribution in [3.8, 4) is 0 Å². The third kappa shape index (κ3) is 6.07. The first-order valence-corrected chi connectivity index (χ1v) is 11.2. The van der Waals surface area contributed by atoms with Crippen molar-refractivity contribution in [2.45, 2.75) is 39.0 Å². The van der Waals surface area contributed by atoms with Crippen molar-refractivity contribution in [1.82, 2.24) is 20.1 Å². The number of allylic oxidation sites excluding steroid dienone is 1. The van der Waals surface area contributed by atoms with E-state index in [2.05, 4.69) is 27.4 Å². The van der Waals surface area contributed by atoms with Crippen LogP contribution >= 0.6 is 11.8 Å². The molecular formula is C24H27N5O2S. The van der Waals surface area contributed by atoms with Crippen LogP contribution in [-0.2, 0) is 17.9 Å². The Hall–Kier alpha value is -3.39. The first-order valence-electron chi connectivity index (χ1n) is 10.2. The minimum absolute atomic E-state index is 0.121. The van der Waals surface area contributed by atoms with Crippen molar-refractivity contribution in [2.24, 2.45) is 0 Å². The van der Waals surface area contributed by atoms with Gasteiger partial charge in [-0.1, -0.05) is 53.2 Å². The normalized spacial score (nSPS) is 10.6. The molecule has 0 fully saturated rings. The molecule has 2 aromatic carbocycles. The summed E-state index contributed by atoms with van der Waals surface area (Å²) in [6, 6.07) is 13.3. The van der Waals surface area contributed by atoms with E-state index in [1.807, 2.05) is 61.7 Å². The van der Waals surface area contributed by atoms with E-state index in [0.717, 1.165) is 22.4 Å². The number of hydrogen-bond donors (Lipinski definition) is 2. The first kappa shape index (κ1) is 23.3. The largest absolute Gasteiger partial charge is 0.345 e. The van der Waals surface area contributed by atoms with E-state index in [4.69, 9.17) is 0 Å². The van der Waals surface area contributed by atoms with Gasteiger partial charge in [0.2, 0.25) is 5.91 Å². The zero-order valence-electron chi connectivity index (χ0n) is 18.5. The number of benzene rings is 2. The Kier molecular flexibility index (Phi) is 7.83. The van der Waals surface area contributed by atoms with Crippen molar-refractivity contribution in [3.63, 3.8) is 0 Å². The highest BCUT2D eigenvalue weighted by atomic mass is 32.2. The smallest absolute Gasteiger partial charge is 0.251 e. The number of hydrogen-bond acceptors (Lipinski definition) is 5. The monoisotopic (exact) mass is 449 g/mol. The lowest BCUT2D eigenvalue weighted by atomic mass is 10.1. The minimum atomic E-state index is -0.177. The van der Waals surface area contributed by atoms with Gasteiger partial charge in [-0.3, -0.25) is 9.59 Å². The molecule has 0 aliphatic heterocycles. The number of nitrogens with one attached hydrogen (secondary N) is 2. The minimum Gasteiger partial charge on any atom is -0.345 e. The summed E-state index contributed by atoms with van der Waals surface area (Å²) >= 11 is 1.29. The van der Waals surface area contributed by atoms with Gasteiger partial charge in [0.1, 0.15) is 0 Å². The summed E-state index contributed by atoms with van der Waals surface area (Å²) in [5.41, 5.74) is 4.58. The van der Waals surface area contributed by atoms with Crippen LogP contribution in [0.25, 0.3) is 0 Å². The Labute approximate surface area is 192 Å². The van der Waals surface area contributed by atoms with E-state index in [1.165, 1.54) is 11.8 Å². The third-order valence-electron chi connectivity index (χ3n) is 4.78. The average molecular weight is 450 g/mol. The Morgan fingerprint density at radius 1 is 1.09 bits per heavy atom. The molecule has 1 aromatic heterocycles. The molecule has 0 saturated carbocycles. The second kappa shape index (κ2) is 10.8. The Balaban J connectivity index is 1.61. The van der Waals surface area contributed by atoms with E-state index in [1.54, 1.807) is 12.1 Å². The summed E-state index contributed by atoms with van der Waals surface area (Å²) in [6.45, 7) is 10.4. The van der Waals surface area contributed by atoms with Crippen LogP contribution in [0, 0.1) is 20.8 Å². The van der Waals surface area contributed by atoms with Gasteiger partial charge in [-0.2, -0.15) is 0 Å². The van der Waals surface area contributed by atoms with E-state index in [-0.39, 0.29) is 24.1 Å². The topological polar surface area (TPSA) is 88.9 Å². The third-order valence-corrected chi connectivity index (χ3v) is 5.75. The fourth-order valence-electron chi connectivity index (χ4n) is 3.19. The highest BCUT2D eigenvalue weighted by Crippen LogP contribution is 2.20.